The predicted octanol–water partition coefficient (Wildman–Crippen LogP) is 0.773. The number of rotatable bonds is 5. The van der Waals surface area contributed by atoms with Crippen molar-refractivity contribution in [2.75, 3.05) is 6.61 Å². The molecule has 0 aromatic heterocycles. The van der Waals surface area contributed by atoms with E-state index in [-0.39, 0.29) is 12.2 Å². The zero-order valence-corrected chi connectivity index (χ0v) is 9.51. The molecule has 0 bridgehead atoms. The Morgan fingerprint density at radius 3 is 2.47 bits per heavy atom. The van der Waals surface area contributed by atoms with Gasteiger partial charge >= 0.3 is 5.97 Å². The van der Waals surface area contributed by atoms with Gasteiger partial charge in [-0.1, -0.05) is 30.3 Å². The first-order chi connectivity index (χ1) is 8.13. The first kappa shape index (κ1) is 13.0. The van der Waals surface area contributed by atoms with Crippen molar-refractivity contribution >= 4 is 18.0 Å². The van der Waals surface area contributed by atoms with Crippen molar-refractivity contribution in [3.05, 3.63) is 41.5 Å². The van der Waals surface area contributed by atoms with Crippen LogP contribution in [0, 0.1) is 0 Å². The zero-order valence-electron chi connectivity index (χ0n) is 9.51. The summed E-state index contributed by atoms with van der Waals surface area (Å²) in [6.45, 7) is 1.87. The normalized spacial score (nSPS) is 11.0. The summed E-state index contributed by atoms with van der Waals surface area (Å²) in [6.07, 6.45) is 1.04. The molecule has 0 saturated heterocycles. The zero-order chi connectivity index (χ0) is 12.7. The molecule has 4 nitrogen and oxygen atoms in total. The lowest BCUT2D eigenvalue weighted by atomic mass is 10.1. The fraction of sp³-hybridized carbons (Fsp3) is 0.231. The fourth-order valence-electron chi connectivity index (χ4n) is 1.31. The van der Waals surface area contributed by atoms with Crippen molar-refractivity contribution in [3.63, 3.8) is 0 Å². The number of hydrogen-bond acceptors (Lipinski definition) is 4. The molecule has 0 unspecified atom stereocenters. The van der Waals surface area contributed by atoms with Crippen molar-refractivity contribution in [1.82, 2.24) is 0 Å². The fourth-order valence-corrected chi connectivity index (χ4v) is 1.31. The van der Waals surface area contributed by atoms with E-state index in [1.807, 2.05) is 6.07 Å². The molecule has 0 radical (unpaired) electrons. The Kier molecular flexibility index (Phi) is 4.94. The maximum atomic E-state index is 11.5. The molecule has 0 aliphatic heterocycles. The van der Waals surface area contributed by atoms with Crippen LogP contribution in [-0.4, -0.2) is 18.5 Å². The molecule has 90 valence electrons. The molecule has 0 amide bonds. The van der Waals surface area contributed by atoms with Crippen LogP contribution in [0.15, 0.2) is 35.9 Å². The van der Waals surface area contributed by atoms with E-state index in [0.717, 1.165) is 5.56 Å². The van der Waals surface area contributed by atoms with Crippen molar-refractivity contribution in [1.29, 1.82) is 0 Å². The third-order valence-electron chi connectivity index (χ3n) is 2.01. The van der Waals surface area contributed by atoms with Gasteiger partial charge in [0.1, 0.15) is 0 Å². The van der Waals surface area contributed by atoms with Crippen LogP contribution in [0.4, 0.5) is 0 Å². The smallest absolute Gasteiger partial charge is 0.334 e. The number of hydrogen-bond donors (Lipinski definition) is 0. The summed E-state index contributed by atoms with van der Waals surface area (Å²) in [5.74, 6) is -1.93. The van der Waals surface area contributed by atoms with E-state index < -0.39 is 18.4 Å². The van der Waals surface area contributed by atoms with E-state index in [9.17, 15) is 14.7 Å². The molecule has 1 rings (SSSR count). The van der Waals surface area contributed by atoms with Crippen molar-refractivity contribution in [2.45, 2.75) is 13.3 Å². The molecule has 17 heavy (non-hydrogen) atoms. The number of aliphatic carboxylic acids is 1. The summed E-state index contributed by atoms with van der Waals surface area (Å²) in [5.41, 5.74) is 0.829. The molecule has 0 spiro atoms. The van der Waals surface area contributed by atoms with E-state index >= 15 is 0 Å². The first-order valence-electron chi connectivity index (χ1n) is 5.26. The summed E-state index contributed by atoms with van der Waals surface area (Å²) in [7, 11) is 0. The maximum absolute atomic E-state index is 11.5. The number of benzene rings is 1. The Balaban J connectivity index is 2.93. The van der Waals surface area contributed by atoms with Gasteiger partial charge in [0.15, 0.2) is 0 Å². The largest absolute Gasteiger partial charge is 0.550 e. The third kappa shape index (κ3) is 4.51. The molecular weight excluding hydrogens is 220 g/mol. The second kappa shape index (κ2) is 6.48. The first-order valence-corrected chi connectivity index (χ1v) is 5.26. The molecule has 4 heteroatoms. The second-order valence-electron chi connectivity index (χ2n) is 3.35. The Morgan fingerprint density at radius 2 is 1.94 bits per heavy atom. The minimum atomic E-state index is -1.31. The number of carbonyl (C=O) groups is 2. The third-order valence-corrected chi connectivity index (χ3v) is 2.01. The topological polar surface area (TPSA) is 66.4 Å². The number of esters is 1. The van der Waals surface area contributed by atoms with Gasteiger partial charge in [-0.05, 0) is 18.6 Å². The van der Waals surface area contributed by atoms with Crippen LogP contribution in [0.25, 0.3) is 6.08 Å². The van der Waals surface area contributed by atoms with Crippen molar-refractivity contribution in [3.8, 4) is 0 Å². The average molecular weight is 233 g/mol. The summed E-state index contributed by atoms with van der Waals surface area (Å²) in [6, 6.07) is 8.98. The molecular formula is C13H13O4-. The lowest BCUT2D eigenvalue weighted by molar-refractivity contribution is -0.304. The molecule has 0 fully saturated rings. The van der Waals surface area contributed by atoms with E-state index in [1.165, 1.54) is 6.08 Å². The van der Waals surface area contributed by atoms with E-state index in [2.05, 4.69) is 0 Å². The molecule has 0 N–H and O–H groups in total. The molecule has 1 aromatic carbocycles. The molecule has 1 aromatic rings. The highest BCUT2D eigenvalue weighted by molar-refractivity contribution is 5.97. The highest BCUT2D eigenvalue weighted by atomic mass is 16.5. The summed E-state index contributed by atoms with van der Waals surface area (Å²) < 4.78 is 4.78. The van der Waals surface area contributed by atoms with Gasteiger partial charge in [0.2, 0.25) is 0 Å². The van der Waals surface area contributed by atoms with Gasteiger partial charge in [0.25, 0.3) is 0 Å². The Bertz CT molecular complexity index is 420. The Hall–Kier alpha value is -2.10. The minimum Gasteiger partial charge on any atom is -0.550 e. The van der Waals surface area contributed by atoms with Gasteiger partial charge in [-0.25, -0.2) is 4.79 Å². The van der Waals surface area contributed by atoms with Gasteiger partial charge < -0.3 is 14.6 Å². The summed E-state index contributed by atoms with van der Waals surface area (Å²) in [5, 5.41) is 10.5. The number of carbonyl (C=O) groups excluding carboxylic acids is 2. The number of carboxylic acid groups (broad SMARTS) is 1. The van der Waals surface area contributed by atoms with Gasteiger partial charge in [0.05, 0.1) is 6.61 Å². The van der Waals surface area contributed by atoms with Crippen molar-refractivity contribution in [2.24, 2.45) is 0 Å². The highest BCUT2D eigenvalue weighted by Gasteiger charge is 2.10. The van der Waals surface area contributed by atoms with E-state index in [4.69, 9.17) is 4.74 Å². The van der Waals surface area contributed by atoms with Crippen LogP contribution in [0.2, 0.25) is 0 Å². The van der Waals surface area contributed by atoms with Crippen molar-refractivity contribution < 1.29 is 19.4 Å². The molecule has 0 aliphatic carbocycles. The molecule has 0 aliphatic rings. The average Bonchev–Trinajstić information content (AvgIpc) is 2.29. The monoisotopic (exact) mass is 233 g/mol. The summed E-state index contributed by atoms with van der Waals surface area (Å²) >= 11 is 0. The highest BCUT2D eigenvalue weighted by Crippen LogP contribution is 2.11. The van der Waals surface area contributed by atoms with Crippen LogP contribution < -0.4 is 5.11 Å². The number of ether oxygens (including phenoxy) is 1. The van der Waals surface area contributed by atoms with Crippen LogP contribution in [0.3, 0.4) is 0 Å². The minimum absolute atomic E-state index is 0.0815. The maximum Gasteiger partial charge on any atom is 0.334 e. The SMILES string of the molecule is CCOC(=O)C(=Cc1ccccc1)CC(=O)[O-]. The van der Waals surface area contributed by atoms with Crippen LogP contribution >= 0.6 is 0 Å². The lowest BCUT2D eigenvalue weighted by Crippen LogP contribution is -2.24. The van der Waals surface area contributed by atoms with Crippen LogP contribution in [0.1, 0.15) is 18.9 Å². The molecule has 0 atom stereocenters. The van der Waals surface area contributed by atoms with Gasteiger partial charge in [-0.2, -0.15) is 0 Å². The Morgan fingerprint density at radius 1 is 1.29 bits per heavy atom. The summed E-state index contributed by atoms with van der Waals surface area (Å²) in [4.78, 5) is 22.1. The van der Waals surface area contributed by atoms with Gasteiger partial charge in [0, 0.05) is 18.0 Å². The van der Waals surface area contributed by atoms with Gasteiger partial charge in [-0.3, -0.25) is 0 Å². The van der Waals surface area contributed by atoms with E-state index in [1.54, 1.807) is 31.2 Å². The van der Waals surface area contributed by atoms with Crippen LogP contribution in [-0.2, 0) is 14.3 Å². The lowest BCUT2D eigenvalue weighted by Gasteiger charge is -2.07. The van der Waals surface area contributed by atoms with Gasteiger partial charge in [-0.15, -0.1) is 0 Å². The second-order valence-corrected chi connectivity index (χ2v) is 3.35. The molecule has 0 heterocycles. The standard InChI is InChI=1S/C13H14O4/c1-2-17-13(16)11(9-12(14)15)8-10-6-4-3-5-7-10/h3-8H,2,9H2,1H3,(H,14,15)/p-1. The van der Waals surface area contributed by atoms with Crippen LogP contribution in [0.5, 0.6) is 0 Å². The quantitative estimate of drug-likeness (QED) is 0.556. The predicted molar refractivity (Wildman–Crippen MR) is 60.7 cm³/mol. The number of carboxylic acids is 1. The molecule has 0 saturated carbocycles. The Labute approximate surface area is 99.5 Å². The van der Waals surface area contributed by atoms with E-state index in [0.29, 0.717) is 0 Å².